The average Bonchev–Trinajstić information content (AvgIpc) is 2.68. The Morgan fingerprint density at radius 1 is 1.28 bits per heavy atom. The van der Waals surface area contributed by atoms with E-state index in [1.807, 2.05) is 24.5 Å². The van der Waals surface area contributed by atoms with Gasteiger partial charge in [-0.3, -0.25) is 4.79 Å². The van der Waals surface area contributed by atoms with E-state index in [0.29, 0.717) is 17.8 Å². The molecule has 18 heavy (non-hydrogen) atoms. The van der Waals surface area contributed by atoms with Crippen molar-refractivity contribution in [3.8, 4) is 0 Å². The second-order valence-electron chi connectivity index (χ2n) is 4.35. The van der Waals surface area contributed by atoms with Gasteiger partial charge in [0.1, 0.15) is 5.82 Å². The fourth-order valence-corrected chi connectivity index (χ4v) is 2.20. The quantitative estimate of drug-likeness (QED) is 0.757. The summed E-state index contributed by atoms with van der Waals surface area (Å²) in [7, 11) is 0. The van der Waals surface area contributed by atoms with Crippen molar-refractivity contribution in [2.24, 2.45) is 0 Å². The van der Waals surface area contributed by atoms with E-state index in [1.54, 1.807) is 18.2 Å². The molecule has 1 aromatic heterocycles. The van der Waals surface area contributed by atoms with Gasteiger partial charge in [0.25, 0.3) is 0 Å². The number of aldehydes is 1. The van der Waals surface area contributed by atoms with E-state index in [2.05, 4.69) is 0 Å². The Hall–Kier alpha value is -1.90. The highest BCUT2D eigenvalue weighted by molar-refractivity contribution is 5.75. The molecule has 0 spiro atoms. The van der Waals surface area contributed by atoms with Gasteiger partial charge in [-0.05, 0) is 31.0 Å². The van der Waals surface area contributed by atoms with E-state index in [0.717, 1.165) is 24.0 Å². The minimum Gasteiger partial charge on any atom is -0.338 e. The Labute approximate surface area is 106 Å². The van der Waals surface area contributed by atoms with Gasteiger partial charge in [-0.25, -0.2) is 4.39 Å². The molecule has 0 aliphatic carbocycles. The Kier molecular flexibility index (Phi) is 3.60. The molecule has 1 heterocycles. The second-order valence-corrected chi connectivity index (χ2v) is 4.35. The minimum atomic E-state index is -0.236. The largest absolute Gasteiger partial charge is 0.338 e. The summed E-state index contributed by atoms with van der Waals surface area (Å²) >= 11 is 0. The Balaban J connectivity index is 2.43. The zero-order valence-corrected chi connectivity index (χ0v) is 10.6. The van der Waals surface area contributed by atoms with Crippen LogP contribution in [0.3, 0.4) is 0 Å². The molecule has 0 saturated heterocycles. The van der Waals surface area contributed by atoms with Gasteiger partial charge >= 0.3 is 0 Å². The van der Waals surface area contributed by atoms with Gasteiger partial charge in [-0.1, -0.05) is 25.1 Å². The topological polar surface area (TPSA) is 22.0 Å². The van der Waals surface area contributed by atoms with Crippen LogP contribution >= 0.6 is 0 Å². The SMILES string of the molecule is CCc1cc(C)n(Cc2ccccc2F)c1C=O. The van der Waals surface area contributed by atoms with E-state index < -0.39 is 0 Å². The van der Waals surface area contributed by atoms with Crippen LogP contribution in [0.15, 0.2) is 30.3 Å². The number of halogens is 1. The van der Waals surface area contributed by atoms with E-state index in [1.165, 1.54) is 6.07 Å². The van der Waals surface area contributed by atoms with E-state index in [9.17, 15) is 9.18 Å². The van der Waals surface area contributed by atoms with Crippen LogP contribution in [0.2, 0.25) is 0 Å². The fourth-order valence-electron chi connectivity index (χ4n) is 2.20. The standard InChI is InChI=1S/C15H16FNO/c1-3-12-8-11(2)17(15(12)10-18)9-13-6-4-5-7-14(13)16/h4-8,10H,3,9H2,1-2H3. The van der Waals surface area contributed by atoms with Crippen molar-refractivity contribution in [1.29, 1.82) is 0 Å². The summed E-state index contributed by atoms with van der Waals surface area (Å²) in [4.78, 5) is 11.2. The molecule has 3 heteroatoms. The lowest BCUT2D eigenvalue weighted by molar-refractivity contribution is 0.111. The maximum atomic E-state index is 13.6. The molecule has 2 aromatic rings. The summed E-state index contributed by atoms with van der Waals surface area (Å²) in [6.07, 6.45) is 1.66. The van der Waals surface area contributed by atoms with E-state index >= 15 is 0 Å². The number of carbonyl (C=O) groups is 1. The van der Waals surface area contributed by atoms with Crippen molar-refractivity contribution in [2.45, 2.75) is 26.8 Å². The lowest BCUT2D eigenvalue weighted by atomic mass is 10.2. The van der Waals surface area contributed by atoms with Crippen molar-refractivity contribution in [2.75, 3.05) is 0 Å². The Morgan fingerprint density at radius 2 is 2.00 bits per heavy atom. The first-order valence-electron chi connectivity index (χ1n) is 6.05. The zero-order valence-electron chi connectivity index (χ0n) is 10.6. The molecule has 0 aliphatic heterocycles. The third kappa shape index (κ3) is 2.21. The van der Waals surface area contributed by atoms with Gasteiger partial charge in [0.05, 0.1) is 12.2 Å². The van der Waals surface area contributed by atoms with Crippen molar-refractivity contribution < 1.29 is 9.18 Å². The summed E-state index contributed by atoms with van der Waals surface area (Å²) in [5.74, 6) is -0.236. The summed E-state index contributed by atoms with van der Waals surface area (Å²) in [6, 6.07) is 8.65. The first-order chi connectivity index (χ1) is 8.67. The highest BCUT2D eigenvalue weighted by Crippen LogP contribution is 2.18. The van der Waals surface area contributed by atoms with E-state index in [-0.39, 0.29) is 5.82 Å². The summed E-state index contributed by atoms with van der Waals surface area (Å²) < 4.78 is 15.5. The number of hydrogen-bond acceptors (Lipinski definition) is 1. The van der Waals surface area contributed by atoms with Crippen molar-refractivity contribution in [3.05, 3.63) is 58.7 Å². The van der Waals surface area contributed by atoms with Crippen LogP contribution in [0.4, 0.5) is 4.39 Å². The summed E-state index contributed by atoms with van der Waals surface area (Å²) in [6.45, 7) is 4.34. The molecule has 1 aromatic carbocycles. The molecule has 0 amide bonds. The van der Waals surface area contributed by atoms with Crippen LogP contribution in [0, 0.1) is 12.7 Å². The third-order valence-electron chi connectivity index (χ3n) is 3.21. The number of nitrogens with zero attached hydrogens (tertiary/aromatic N) is 1. The predicted octanol–water partition coefficient (Wildman–Crippen LogP) is 3.36. The van der Waals surface area contributed by atoms with Crippen molar-refractivity contribution in [3.63, 3.8) is 0 Å². The van der Waals surface area contributed by atoms with Crippen LogP contribution in [0.5, 0.6) is 0 Å². The molecule has 0 radical (unpaired) electrons. The lowest BCUT2D eigenvalue weighted by Crippen LogP contribution is -2.08. The molecule has 0 fully saturated rings. The molecule has 0 aliphatic rings. The van der Waals surface area contributed by atoms with Gasteiger partial charge in [0, 0.05) is 11.3 Å². The smallest absolute Gasteiger partial charge is 0.166 e. The number of rotatable bonds is 4. The molecule has 0 unspecified atom stereocenters. The van der Waals surface area contributed by atoms with Crippen LogP contribution in [-0.2, 0) is 13.0 Å². The number of aryl methyl sites for hydroxylation is 2. The van der Waals surface area contributed by atoms with Gasteiger partial charge in [0.2, 0.25) is 0 Å². The zero-order chi connectivity index (χ0) is 13.1. The maximum Gasteiger partial charge on any atom is 0.166 e. The minimum absolute atomic E-state index is 0.236. The monoisotopic (exact) mass is 245 g/mol. The molecule has 0 atom stereocenters. The summed E-state index contributed by atoms with van der Waals surface area (Å²) in [5.41, 5.74) is 3.25. The molecule has 2 nitrogen and oxygen atoms in total. The normalized spacial score (nSPS) is 10.6. The number of carbonyl (C=O) groups excluding carboxylic acids is 1. The molecular formula is C15H16FNO. The molecule has 2 rings (SSSR count). The molecule has 0 saturated carbocycles. The first kappa shape index (κ1) is 12.6. The molecule has 0 N–H and O–H groups in total. The van der Waals surface area contributed by atoms with Crippen LogP contribution in [0.1, 0.15) is 34.2 Å². The van der Waals surface area contributed by atoms with Crippen LogP contribution in [0.25, 0.3) is 0 Å². The number of aromatic nitrogens is 1. The number of benzene rings is 1. The van der Waals surface area contributed by atoms with Gasteiger partial charge < -0.3 is 4.57 Å². The predicted molar refractivity (Wildman–Crippen MR) is 69.4 cm³/mol. The van der Waals surface area contributed by atoms with Crippen molar-refractivity contribution in [1.82, 2.24) is 4.57 Å². The molecular weight excluding hydrogens is 229 g/mol. The summed E-state index contributed by atoms with van der Waals surface area (Å²) in [5, 5.41) is 0. The first-order valence-corrected chi connectivity index (χ1v) is 6.05. The molecule has 94 valence electrons. The number of hydrogen-bond donors (Lipinski definition) is 0. The lowest BCUT2D eigenvalue weighted by Gasteiger charge is -2.10. The van der Waals surface area contributed by atoms with Gasteiger partial charge in [0.15, 0.2) is 6.29 Å². The Bertz CT molecular complexity index is 572. The van der Waals surface area contributed by atoms with Crippen LogP contribution < -0.4 is 0 Å². The molecule has 0 bridgehead atoms. The van der Waals surface area contributed by atoms with Crippen molar-refractivity contribution >= 4 is 6.29 Å². The fraction of sp³-hybridized carbons (Fsp3) is 0.267. The average molecular weight is 245 g/mol. The van der Waals surface area contributed by atoms with Crippen LogP contribution in [-0.4, -0.2) is 10.9 Å². The Morgan fingerprint density at radius 3 is 2.61 bits per heavy atom. The maximum absolute atomic E-state index is 13.6. The third-order valence-corrected chi connectivity index (χ3v) is 3.21. The van der Waals surface area contributed by atoms with Gasteiger partial charge in [-0.15, -0.1) is 0 Å². The highest BCUT2D eigenvalue weighted by Gasteiger charge is 2.12. The highest BCUT2D eigenvalue weighted by atomic mass is 19.1. The second kappa shape index (κ2) is 5.17. The van der Waals surface area contributed by atoms with E-state index in [4.69, 9.17) is 0 Å². The van der Waals surface area contributed by atoms with Gasteiger partial charge in [-0.2, -0.15) is 0 Å².